The SMILES string of the molecule is FC1NC1F.NS(=O)(=O)CF. The summed E-state index contributed by atoms with van der Waals surface area (Å²) in [6, 6.07) is -1.48. The second kappa shape index (κ2) is 3.88. The van der Waals surface area contributed by atoms with Crippen molar-refractivity contribution in [2.24, 2.45) is 5.14 Å². The molecule has 0 amide bonds. The number of hydrogen-bond acceptors (Lipinski definition) is 3. The summed E-state index contributed by atoms with van der Waals surface area (Å²) in [4.78, 5) is 0. The van der Waals surface area contributed by atoms with Crippen LogP contribution in [0.3, 0.4) is 0 Å². The maximum Gasteiger partial charge on any atom is 0.238 e. The molecule has 0 saturated carbocycles. The summed E-state index contributed by atoms with van der Waals surface area (Å²) in [7, 11) is -3.83. The highest BCUT2D eigenvalue weighted by Crippen LogP contribution is 2.10. The fraction of sp³-hybridized carbons (Fsp3) is 1.00. The lowest BCUT2D eigenvalue weighted by Crippen LogP contribution is -2.12. The minimum Gasteiger partial charge on any atom is -0.251 e. The van der Waals surface area contributed by atoms with Crippen molar-refractivity contribution < 1.29 is 21.6 Å². The van der Waals surface area contributed by atoms with E-state index in [4.69, 9.17) is 0 Å². The van der Waals surface area contributed by atoms with Gasteiger partial charge >= 0.3 is 0 Å². The molecule has 0 aromatic heterocycles. The quantitative estimate of drug-likeness (QED) is 0.429. The van der Waals surface area contributed by atoms with Crippen LogP contribution in [0.25, 0.3) is 0 Å². The first kappa shape index (κ1) is 10.7. The molecule has 0 spiro atoms. The van der Waals surface area contributed by atoms with Gasteiger partial charge in [-0.05, 0) is 0 Å². The molecular weight excluding hydrogens is 185 g/mol. The average molecular weight is 192 g/mol. The molecule has 2 atom stereocenters. The van der Waals surface area contributed by atoms with Crippen LogP contribution in [0.15, 0.2) is 0 Å². The van der Waals surface area contributed by atoms with Crippen LogP contribution < -0.4 is 10.5 Å². The smallest absolute Gasteiger partial charge is 0.238 e. The van der Waals surface area contributed by atoms with Gasteiger partial charge in [0.1, 0.15) is 0 Å². The number of nitrogens with one attached hydrogen (secondary N) is 1. The summed E-state index contributed by atoms with van der Waals surface area (Å²) in [5.41, 5.74) is 0. The summed E-state index contributed by atoms with van der Waals surface area (Å²) in [6.45, 7) is 0. The van der Waals surface area contributed by atoms with Crippen LogP contribution in [0.2, 0.25) is 0 Å². The zero-order chi connectivity index (χ0) is 9.07. The van der Waals surface area contributed by atoms with Gasteiger partial charge in [0.2, 0.25) is 16.0 Å². The normalized spacial score (nSPS) is 28.7. The highest BCUT2D eigenvalue weighted by molar-refractivity contribution is 7.88. The lowest BCUT2D eigenvalue weighted by molar-refractivity contribution is 0.372. The highest BCUT2D eigenvalue weighted by atomic mass is 32.2. The number of alkyl halides is 3. The second-order valence-corrected chi connectivity index (χ2v) is 3.29. The largest absolute Gasteiger partial charge is 0.251 e. The van der Waals surface area contributed by atoms with Gasteiger partial charge in [-0.1, -0.05) is 0 Å². The minimum atomic E-state index is -3.83. The molecule has 1 rings (SSSR count). The number of rotatable bonds is 1. The van der Waals surface area contributed by atoms with E-state index in [9.17, 15) is 21.6 Å². The van der Waals surface area contributed by atoms with Crippen molar-refractivity contribution in [2.45, 2.75) is 12.6 Å². The Hall–Kier alpha value is -0.340. The minimum absolute atomic E-state index is 1.37. The molecule has 0 aromatic rings. The third kappa shape index (κ3) is 7.56. The van der Waals surface area contributed by atoms with E-state index >= 15 is 0 Å². The van der Waals surface area contributed by atoms with Crippen molar-refractivity contribution in [3.05, 3.63) is 0 Å². The summed E-state index contributed by atoms with van der Waals surface area (Å²) < 4.78 is 51.6. The van der Waals surface area contributed by atoms with E-state index in [1.54, 1.807) is 0 Å². The number of halogens is 3. The number of sulfonamides is 1. The standard InChI is InChI=1S/C2H3F2N.CH4FNO2S/c3-1-2(4)5-1;2-1-6(3,4)5/h1-2,5H;1H2,(H2,3,4,5). The van der Waals surface area contributed by atoms with Crippen molar-refractivity contribution in [2.75, 3.05) is 6.01 Å². The maximum absolute atomic E-state index is 11.0. The molecule has 3 N–H and O–H groups in total. The van der Waals surface area contributed by atoms with E-state index in [-0.39, 0.29) is 0 Å². The molecule has 0 bridgehead atoms. The molecule has 0 aromatic carbocycles. The lowest BCUT2D eigenvalue weighted by atomic mass is 10.9. The molecule has 68 valence electrons. The zero-order valence-corrected chi connectivity index (χ0v) is 6.11. The number of nitrogens with two attached hydrogens (primary N) is 1. The van der Waals surface area contributed by atoms with E-state index in [0.29, 0.717) is 0 Å². The summed E-state index contributed by atoms with van der Waals surface area (Å²) >= 11 is 0. The van der Waals surface area contributed by atoms with Crippen LogP contribution in [0.5, 0.6) is 0 Å². The van der Waals surface area contributed by atoms with Crippen molar-refractivity contribution in [1.82, 2.24) is 5.32 Å². The predicted octanol–water partition coefficient (Wildman–Crippen LogP) is -0.617. The van der Waals surface area contributed by atoms with E-state index < -0.39 is 28.6 Å². The first-order valence-electron chi connectivity index (χ1n) is 2.47. The van der Waals surface area contributed by atoms with E-state index in [1.807, 2.05) is 5.32 Å². The zero-order valence-electron chi connectivity index (χ0n) is 5.30. The van der Waals surface area contributed by atoms with Crippen LogP contribution in [-0.2, 0) is 10.0 Å². The Labute approximate surface area is 61.6 Å². The molecule has 11 heavy (non-hydrogen) atoms. The van der Waals surface area contributed by atoms with E-state index in [2.05, 4.69) is 5.14 Å². The first-order chi connectivity index (χ1) is 4.87. The highest BCUT2D eigenvalue weighted by Gasteiger charge is 2.35. The third-order valence-corrected chi connectivity index (χ3v) is 0.923. The van der Waals surface area contributed by atoms with Crippen LogP contribution >= 0.6 is 0 Å². The Balaban J connectivity index is 0.000000183. The molecule has 8 heteroatoms. The fourth-order valence-corrected chi connectivity index (χ4v) is 0.0965. The topological polar surface area (TPSA) is 82.1 Å². The Morgan fingerprint density at radius 3 is 1.55 bits per heavy atom. The van der Waals surface area contributed by atoms with Gasteiger partial charge in [0.25, 0.3) is 0 Å². The third-order valence-electron chi connectivity index (χ3n) is 0.618. The second-order valence-electron chi connectivity index (χ2n) is 1.74. The van der Waals surface area contributed by atoms with Crippen LogP contribution in [0.4, 0.5) is 13.2 Å². The van der Waals surface area contributed by atoms with Crippen molar-refractivity contribution in [3.8, 4) is 0 Å². The van der Waals surface area contributed by atoms with Gasteiger partial charge in [-0.2, -0.15) is 0 Å². The molecule has 4 nitrogen and oxygen atoms in total. The van der Waals surface area contributed by atoms with Gasteiger partial charge in [0.15, 0.2) is 12.6 Å². The Kier molecular flexibility index (Phi) is 3.76. The molecule has 1 aliphatic rings. The monoisotopic (exact) mass is 192 g/mol. The van der Waals surface area contributed by atoms with Crippen LogP contribution in [0.1, 0.15) is 0 Å². The predicted molar refractivity (Wildman–Crippen MR) is 32.0 cm³/mol. The molecule has 0 aliphatic carbocycles. The maximum atomic E-state index is 11.0. The summed E-state index contributed by atoms with van der Waals surface area (Å²) in [5, 5.41) is 5.99. The van der Waals surface area contributed by atoms with E-state index in [1.165, 1.54) is 0 Å². The Morgan fingerprint density at radius 2 is 1.55 bits per heavy atom. The Morgan fingerprint density at radius 1 is 1.36 bits per heavy atom. The van der Waals surface area contributed by atoms with Gasteiger partial charge in [0.05, 0.1) is 0 Å². The Bertz CT molecular complexity index is 201. The number of primary sulfonamides is 1. The van der Waals surface area contributed by atoms with Gasteiger partial charge in [-0.15, -0.1) is 0 Å². The summed E-state index contributed by atoms with van der Waals surface area (Å²) in [6.07, 6.45) is -2.73. The average Bonchev–Trinajstić information content (AvgIpc) is 2.45. The molecular formula is C3H7F3N2O2S. The number of hydrogen-bond donors (Lipinski definition) is 2. The van der Waals surface area contributed by atoms with Crippen molar-refractivity contribution in [3.63, 3.8) is 0 Å². The van der Waals surface area contributed by atoms with Gasteiger partial charge in [0, 0.05) is 0 Å². The first-order valence-corrected chi connectivity index (χ1v) is 4.19. The molecule has 1 aliphatic heterocycles. The molecule has 2 unspecified atom stereocenters. The molecule has 1 saturated heterocycles. The van der Waals surface area contributed by atoms with Crippen molar-refractivity contribution >= 4 is 10.0 Å². The molecule has 1 fully saturated rings. The van der Waals surface area contributed by atoms with Gasteiger partial charge in [-0.3, -0.25) is 5.32 Å². The van der Waals surface area contributed by atoms with Gasteiger partial charge in [-0.25, -0.2) is 26.7 Å². The summed E-state index contributed by atoms with van der Waals surface area (Å²) in [5.74, 6) is 0. The van der Waals surface area contributed by atoms with Crippen LogP contribution in [-0.4, -0.2) is 27.0 Å². The fourth-order valence-electron chi connectivity index (χ4n) is 0.0965. The van der Waals surface area contributed by atoms with Gasteiger partial charge < -0.3 is 0 Å². The van der Waals surface area contributed by atoms with E-state index in [0.717, 1.165) is 0 Å². The van der Waals surface area contributed by atoms with Crippen molar-refractivity contribution in [1.29, 1.82) is 0 Å². The lowest BCUT2D eigenvalue weighted by Gasteiger charge is -1.78. The van der Waals surface area contributed by atoms with Crippen LogP contribution in [0, 0.1) is 0 Å². The molecule has 1 heterocycles. The molecule has 0 radical (unpaired) electrons.